The van der Waals surface area contributed by atoms with E-state index < -0.39 is 5.97 Å². The summed E-state index contributed by atoms with van der Waals surface area (Å²) in [5.41, 5.74) is 0. The molecule has 0 saturated carbocycles. The van der Waals surface area contributed by atoms with E-state index in [0.29, 0.717) is 6.42 Å². The van der Waals surface area contributed by atoms with Crippen LogP contribution in [0, 0.1) is 0 Å². The zero-order valence-electron chi connectivity index (χ0n) is 9.57. The Hall–Kier alpha value is -1.10. The maximum absolute atomic E-state index is 11.3. The molecule has 0 spiro atoms. The molecule has 1 aliphatic rings. The highest BCUT2D eigenvalue weighted by Crippen LogP contribution is 2.08. The van der Waals surface area contributed by atoms with Gasteiger partial charge in [0.05, 0.1) is 6.42 Å². The highest BCUT2D eigenvalue weighted by molar-refractivity contribution is 5.76. The van der Waals surface area contributed by atoms with E-state index in [0.717, 1.165) is 19.6 Å². The number of hydrogen-bond acceptors (Lipinski definition) is 3. The number of nitrogens with zero attached hydrogens (tertiary/aromatic N) is 1. The molecule has 1 rings (SSSR count). The minimum Gasteiger partial charge on any atom is -0.481 e. The second-order valence-electron chi connectivity index (χ2n) is 4.15. The summed E-state index contributed by atoms with van der Waals surface area (Å²) in [4.78, 5) is 23.9. The fourth-order valence-electron chi connectivity index (χ4n) is 1.84. The van der Waals surface area contributed by atoms with E-state index >= 15 is 0 Å². The first-order valence-electron chi connectivity index (χ1n) is 5.89. The van der Waals surface area contributed by atoms with Crippen molar-refractivity contribution in [1.82, 2.24) is 10.2 Å². The van der Waals surface area contributed by atoms with Gasteiger partial charge in [0.15, 0.2) is 0 Å². The average molecular weight is 228 g/mol. The first-order valence-corrected chi connectivity index (χ1v) is 5.89. The maximum Gasteiger partial charge on any atom is 0.305 e. The Balaban J connectivity index is 2.02. The van der Waals surface area contributed by atoms with E-state index in [2.05, 4.69) is 10.2 Å². The van der Waals surface area contributed by atoms with Gasteiger partial charge in [-0.3, -0.25) is 9.59 Å². The van der Waals surface area contributed by atoms with Crippen LogP contribution in [0.3, 0.4) is 0 Å². The number of carbonyl (C=O) groups excluding carboxylic acids is 1. The molecular formula is C11H20N2O3. The van der Waals surface area contributed by atoms with Crippen LogP contribution in [0.25, 0.3) is 0 Å². The first kappa shape index (κ1) is 13.0. The Morgan fingerprint density at radius 3 is 2.44 bits per heavy atom. The summed E-state index contributed by atoms with van der Waals surface area (Å²) >= 11 is 0. The van der Waals surface area contributed by atoms with Crippen molar-refractivity contribution >= 4 is 11.9 Å². The van der Waals surface area contributed by atoms with Crippen molar-refractivity contribution < 1.29 is 14.7 Å². The van der Waals surface area contributed by atoms with Crippen molar-refractivity contribution in [3.8, 4) is 0 Å². The quantitative estimate of drug-likeness (QED) is 0.692. The number of aliphatic carboxylic acids is 1. The van der Waals surface area contributed by atoms with Crippen molar-refractivity contribution in [1.29, 1.82) is 0 Å². The molecule has 1 aliphatic heterocycles. The van der Waals surface area contributed by atoms with Crippen LogP contribution in [0.5, 0.6) is 0 Å². The minimum atomic E-state index is -0.878. The van der Waals surface area contributed by atoms with Gasteiger partial charge in [-0.2, -0.15) is 0 Å². The van der Waals surface area contributed by atoms with Gasteiger partial charge in [0.2, 0.25) is 5.91 Å². The first-order chi connectivity index (χ1) is 7.68. The Kier molecular flexibility index (Phi) is 5.85. The Labute approximate surface area is 95.8 Å². The number of carbonyl (C=O) groups is 2. The summed E-state index contributed by atoms with van der Waals surface area (Å²) < 4.78 is 0. The fourth-order valence-corrected chi connectivity index (χ4v) is 1.84. The number of likely N-dealkylation sites (tertiary alicyclic amines) is 1. The van der Waals surface area contributed by atoms with Crippen LogP contribution < -0.4 is 5.32 Å². The molecule has 1 fully saturated rings. The highest BCUT2D eigenvalue weighted by Gasteiger charge is 2.11. The van der Waals surface area contributed by atoms with Gasteiger partial charge in [-0.25, -0.2) is 0 Å². The minimum absolute atomic E-state index is 0.00451. The number of nitrogens with one attached hydrogen (secondary N) is 1. The van der Waals surface area contributed by atoms with Crippen LogP contribution in [0.4, 0.5) is 0 Å². The molecule has 2 N–H and O–H groups in total. The molecule has 5 heteroatoms. The van der Waals surface area contributed by atoms with E-state index in [1.165, 1.54) is 19.3 Å². The third-order valence-corrected chi connectivity index (χ3v) is 2.76. The molecule has 16 heavy (non-hydrogen) atoms. The lowest BCUT2D eigenvalue weighted by atomic mass is 10.1. The Morgan fingerprint density at radius 2 is 1.81 bits per heavy atom. The summed E-state index contributed by atoms with van der Waals surface area (Å²) in [6.07, 6.45) is 4.21. The summed E-state index contributed by atoms with van der Waals surface area (Å²) in [6, 6.07) is 0. The van der Waals surface area contributed by atoms with E-state index in [4.69, 9.17) is 5.11 Å². The van der Waals surface area contributed by atoms with Crippen molar-refractivity contribution in [2.75, 3.05) is 26.2 Å². The standard InChI is InChI=1S/C11H20N2O3/c14-10(12-6-4-11(15)16)5-9-13-7-2-1-3-8-13/h1-9H2,(H,12,14)(H,15,16). The number of amides is 1. The predicted octanol–water partition coefficient (Wildman–Crippen LogP) is 0.453. The van der Waals surface area contributed by atoms with Crippen molar-refractivity contribution in [2.24, 2.45) is 0 Å². The molecule has 1 saturated heterocycles. The summed E-state index contributed by atoms with van der Waals surface area (Å²) in [6.45, 7) is 3.19. The van der Waals surface area contributed by atoms with Gasteiger partial charge in [0.1, 0.15) is 0 Å². The number of piperidine rings is 1. The predicted molar refractivity (Wildman–Crippen MR) is 60.2 cm³/mol. The third kappa shape index (κ3) is 5.70. The monoisotopic (exact) mass is 228 g/mol. The second-order valence-corrected chi connectivity index (χ2v) is 4.15. The molecule has 1 heterocycles. The number of hydrogen-bond donors (Lipinski definition) is 2. The molecule has 0 aliphatic carbocycles. The number of carboxylic acid groups (broad SMARTS) is 1. The largest absolute Gasteiger partial charge is 0.481 e. The average Bonchev–Trinajstić information content (AvgIpc) is 2.27. The van der Waals surface area contributed by atoms with Gasteiger partial charge in [-0.05, 0) is 25.9 Å². The molecular weight excluding hydrogens is 208 g/mol. The van der Waals surface area contributed by atoms with Crippen LogP contribution >= 0.6 is 0 Å². The van der Waals surface area contributed by atoms with E-state index in [1.54, 1.807) is 0 Å². The van der Waals surface area contributed by atoms with Crippen molar-refractivity contribution in [2.45, 2.75) is 32.1 Å². The molecule has 92 valence electrons. The number of carboxylic acids is 1. The van der Waals surface area contributed by atoms with Gasteiger partial charge in [-0.1, -0.05) is 6.42 Å². The van der Waals surface area contributed by atoms with Gasteiger partial charge in [-0.15, -0.1) is 0 Å². The lowest BCUT2D eigenvalue weighted by Gasteiger charge is -2.25. The molecule has 5 nitrogen and oxygen atoms in total. The van der Waals surface area contributed by atoms with Crippen molar-refractivity contribution in [3.05, 3.63) is 0 Å². The molecule has 0 radical (unpaired) electrons. The zero-order valence-corrected chi connectivity index (χ0v) is 9.57. The van der Waals surface area contributed by atoms with Crippen molar-refractivity contribution in [3.63, 3.8) is 0 Å². The molecule has 0 bridgehead atoms. The smallest absolute Gasteiger partial charge is 0.305 e. The molecule has 0 aromatic rings. The lowest BCUT2D eigenvalue weighted by Crippen LogP contribution is -2.34. The molecule has 0 unspecified atom stereocenters. The van der Waals surface area contributed by atoms with Gasteiger partial charge >= 0.3 is 5.97 Å². The van der Waals surface area contributed by atoms with Gasteiger partial charge < -0.3 is 15.3 Å². The number of rotatable bonds is 6. The van der Waals surface area contributed by atoms with Crippen LogP contribution in [0.15, 0.2) is 0 Å². The van der Waals surface area contributed by atoms with Crippen LogP contribution in [-0.4, -0.2) is 48.1 Å². The topological polar surface area (TPSA) is 69.6 Å². The molecule has 0 aromatic heterocycles. The Morgan fingerprint density at radius 1 is 1.12 bits per heavy atom. The van der Waals surface area contributed by atoms with E-state index in [1.807, 2.05) is 0 Å². The van der Waals surface area contributed by atoms with Crippen LogP contribution in [-0.2, 0) is 9.59 Å². The lowest BCUT2D eigenvalue weighted by molar-refractivity contribution is -0.136. The van der Waals surface area contributed by atoms with E-state index in [-0.39, 0.29) is 18.9 Å². The summed E-state index contributed by atoms with van der Waals surface area (Å²) in [7, 11) is 0. The highest BCUT2D eigenvalue weighted by atomic mass is 16.4. The van der Waals surface area contributed by atoms with Gasteiger partial charge in [0.25, 0.3) is 0 Å². The zero-order chi connectivity index (χ0) is 11.8. The summed E-state index contributed by atoms with van der Waals surface area (Å²) in [5.74, 6) is -0.928. The third-order valence-electron chi connectivity index (χ3n) is 2.76. The second kappa shape index (κ2) is 7.22. The Bertz CT molecular complexity index is 237. The van der Waals surface area contributed by atoms with Gasteiger partial charge in [0, 0.05) is 19.5 Å². The van der Waals surface area contributed by atoms with E-state index in [9.17, 15) is 9.59 Å². The maximum atomic E-state index is 11.3. The molecule has 0 atom stereocenters. The normalized spacial score (nSPS) is 17.0. The molecule has 1 amide bonds. The summed E-state index contributed by atoms with van der Waals surface area (Å²) in [5, 5.41) is 11.0. The van der Waals surface area contributed by atoms with Crippen LogP contribution in [0.1, 0.15) is 32.1 Å². The van der Waals surface area contributed by atoms with Crippen LogP contribution in [0.2, 0.25) is 0 Å². The SMILES string of the molecule is O=C(O)CCNC(=O)CCN1CCCCC1. The molecule has 0 aromatic carbocycles. The fraction of sp³-hybridized carbons (Fsp3) is 0.818.